The second kappa shape index (κ2) is 13.7. The van der Waals surface area contributed by atoms with E-state index < -0.39 is 66.1 Å². The molecule has 0 heterocycles. The SMILES string of the molecule is C=C(C)C(=O)NCc1ccc(F)c(C(=O)Nc2ccc(OCC(F)F)c(C(=O)N[C@H]3CC[C@H](C(F)(F)F)CC3)c2)c1F. The van der Waals surface area contributed by atoms with Crippen LogP contribution in [0.1, 0.15) is 58.9 Å². The van der Waals surface area contributed by atoms with E-state index >= 15 is 4.39 Å². The molecule has 0 radical (unpaired) electrons. The molecule has 0 aromatic heterocycles. The highest BCUT2D eigenvalue weighted by molar-refractivity contribution is 6.06. The minimum Gasteiger partial charge on any atom is -0.487 e. The molecule has 0 bridgehead atoms. The maximum Gasteiger partial charge on any atom is 0.391 e. The highest BCUT2D eigenvalue weighted by atomic mass is 19.4. The molecule has 1 fully saturated rings. The van der Waals surface area contributed by atoms with Crippen molar-refractivity contribution in [3.8, 4) is 5.75 Å². The lowest BCUT2D eigenvalue weighted by molar-refractivity contribution is -0.182. The van der Waals surface area contributed by atoms with Crippen LogP contribution in [-0.2, 0) is 11.3 Å². The summed E-state index contributed by atoms with van der Waals surface area (Å²) in [4.78, 5) is 37.6. The summed E-state index contributed by atoms with van der Waals surface area (Å²) in [6.07, 6.45) is -7.59. The molecular formula is C28H28F7N3O4. The average Bonchev–Trinajstić information content (AvgIpc) is 2.91. The van der Waals surface area contributed by atoms with Gasteiger partial charge in [0.05, 0.1) is 11.5 Å². The van der Waals surface area contributed by atoms with Crippen molar-refractivity contribution in [3.63, 3.8) is 0 Å². The van der Waals surface area contributed by atoms with Gasteiger partial charge in [0.1, 0.15) is 29.6 Å². The van der Waals surface area contributed by atoms with Gasteiger partial charge in [0, 0.05) is 29.4 Å². The van der Waals surface area contributed by atoms with Crippen LogP contribution in [0.3, 0.4) is 0 Å². The molecule has 3 N–H and O–H groups in total. The van der Waals surface area contributed by atoms with Gasteiger partial charge in [-0.25, -0.2) is 17.6 Å². The van der Waals surface area contributed by atoms with E-state index in [0.717, 1.165) is 30.3 Å². The predicted molar refractivity (Wildman–Crippen MR) is 138 cm³/mol. The van der Waals surface area contributed by atoms with Crippen molar-refractivity contribution in [2.75, 3.05) is 11.9 Å². The van der Waals surface area contributed by atoms with Crippen molar-refractivity contribution in [2.45, 2.75) is 57.8 Å². The molecule has 2 aromatic rings. The van der Waals surface area contributed by atoms with Gasteiger partial charge in [0.25, 0.3) is 18.2 Å². The summed E-state index contributed by atoms with van der Waals surface area (Å²) in [7, 11) is 0. The maximum atomic E-state index is 15.0. The van der Waals surface area contributed by atoms with Gasteiger partial charge in [-0.15, -0.1) is 0 Å². The molecule has 0 saturated heterocycles. The summed E-state index contributed by atoms with van der Waals surface area (Å²) in [6.45, 7) is 3.42. The Balaban J connectivity index is 1.81. The first-order chi connectivity index (χ1) is 19.7. The summed E-state index contributed by atoms with van der Waals surface area (Å²) in [5.74, 6) is -6.96. The molecular weight excluding hydrogens is 575 g/mol. The van der Waals surface area contributed by atoms with E-state index in [1.165, 1.54) is 6.92 Å². The maximum absolute atomic E-state index is 15.0. The lowest BCUT2D eigenvalue weighted by Gasteiger charge is -2.30. The Labute approximate surface area is 236 Å². The average molecular weight is 604 g/mol. The standard InChI is InChI=1S/C28H28F7N3O4/c1-14(2)25(39)36-12-15-3-9-20(29)23(24(15)32)27(41)38-18-8-10-21(42-13-22(30)31)19(11-18)26(40)37-17-6-4-16(5-7-17)28(33,34)35/h3,8-11,16-17,22H,1,4-7,12-13H2,2H3,(H,36,39)(H,37,40)(H,38,41)/t16-,17-. The van der Waals surface area contributed by atoms with Gasteiger partial charge in [-0.2, -0.15) is 13.2 Å². The molecule has 0 spiro atoms. The van der Waals surface area contributed by atoms with E-state index in [-0.39, 0.29) is 60.4 Å². The van der Waals surface area contributed by atoms with Crippen molar-refractivity contribution < 1.29 is 49.9 Å². The minimum atomic E-state index is -4.35. The predicted octanol–water partition coefficient (Wildman–Crippen LogP) is 5.90. The molecule has 1 aliphatic rings. The Hall–Kier alpha value is -4.10. The number of carbonyl (C=O) groups excluding carboxylic acids is 3. The summed E-state index contributed by atoms with van der Waals surface area (Å²) in [5.41, 5.74) is -1.53. The lowest BCUT2D eigenvalue weighted by Crippen LogP contribution is -2.40. The highest BCUT2D eigenvalue weighted by Gasteiger charge is 2.41. The number of rotatable bonds is 10. The number of anilines is 1. The number of carbonyl (C=O) groups is 3. The molecule has 228 valence electrons. The largest absolute Gasteiger partial charge is 0.487 e. The summed E-state index contributed by atoms with van der Waals surface area (Å²) in [6, 6.07) is 4.50. The third-order valence-corrected chi connectivity index (χ3v) is 6.60. The fraction of sp³-hybridized carbons (Fsp3) is 0.393. The third kappa shape index (κ3) is 8.46. The molecule has 2 aromatic carbocycles. The third-order valence-electron chi connectivity index (χ3n) is 6.60. The van der Waals surface area contributed by atoms with Crippen LogP contribution in [0, 0.1) is 17.6 Å². The number of nitrogens with one attached hydrogen (secondary N) is 3. The number of halogens is 7. The quantitative estimate of drug-likeness (QED) is 0.233. The number of hydrogen-bond acceptors (Lipinski definition) is 4. The van der Waals surface area contributed by atoms with E-state index in [1.807, 2.05) is 0 Å². The van der Waals surface area contributed by atoms with E-state index in [0.29, 0.717) is 0 Å². The van der Waals surface area contributed by atoms with Crippen molar-refractivity contribution in [1.29, 1.82) is 0 Å². The highest BCUT2D eigenvalue weighted by Crippen LogP contribution is 2.37. The molecule has 3 amide bonds. The Bertz CT molecular complexity index is 1340. The Morgan fingerprint density at radius 3 is 2.29 bits per heavy atom. The normalized spacial score (nSPS) is 17.0. The number of hydrogen-bond donors (Lipinski definition) is 3. The number of amides is 3. The molecule has 42 heavy (non-hydrogen) atoms. The van der Waals surface area contributed by atoms with Crippen molar-refractivity contribution in [2.24, 2.45) is 5.92 Å². The summed E-state index contributed by atoms with van der Waals surface area (Å²) in [5, 5.41) is 7.16. The van der Waals surface area contributed by atoms with Gasteiger partial charge in [-0.05, 0) is 56.9 Å². The van der Waals surface area contributed by atoms with E-state index in [4.69, 9.17) is 4.74 Å². The van der Waals surface area contributed by atoms with Crippen LogP contribution in [-0.4, -0.2) is 43.0 Å². The second-order valence-electron chi connectivity index (χ2n) is 9.79. The van der Waals surface area contributed by atoms with Gasteiger partial charge in [-0.1, -0.05) is 12.6 Å². The first-order valence-corrected chi connectivity index (χ1v) is 12.8. The van der Waals surface area contributed by atoms with Gasteiger partial charge in [0.2, 0.25) is 5.91 Å². The zero-order chi connectivity index (χ0) is 31.2. The lowest BCUT2D eigenvalue weighted by atomic mass is 9.85. The first kappa shape index (κ1) is 32.4. The van der Waals surface area contributed by atoms with Crippen molar-refractivity contribution >= 4 is 23.4 Å². The molecule has 7 nitrogen and oxygen atoms in total. The Morgan fingerprint density at radius 2 is 1.69 bits per heavy atom. The van der Waals surface area contributed by atoms with Crippen LogP contribution in [0.25, 0.3) is 0 Å². The van der Waals surface area contributed by atoms with E-state index in [2.05, 4.69) is 22.5 Å². The van der Waals surface area contributed by atoms with Crippen molar-refractivity contribution in [3.05, 3.63) is 70.8 Å². The van der Waals surface area contributed by atoms with Gasteiger partial charge < -0.3 is 20.7 Å². The second-order valence-corrected chi connectivity index (χ2v) is 9.79. The van der Waals surface area contributed by atoms with Crippen LogP contribution in [0.15, 0.2) is 42.5 Å². The Kier molecular flexibility index (Phi) is 10.6. The van der Waals surface area contributed by atoms with Crippen molar-refractivity contribution in [1.82, 2.24) is 10.6 Å². The van der Waals surface area contributed by atoms with E-state index in [1.54, 1.807) is 0 Å². The van der Waals surface area contributed by atoms with E-state index in [9.17, 15) is 40.7 Å². The Morgan fingerprint density at radius 1 is 1.02 bits per heavy atom. The molecule has 3 rings (SSSR count). The molecule has 1 saturated carbocycles. The van der Waals surface area contributed by atoms with Crippen LogP contribution in [0.5, 0.6) is 5.75 Å². The molecule has 14 heteroatoms. The zero-order valence-electron chi connectivity index (χ0n) is 22.3. The minimum absolute atomic E-state index is 0.0291. The van der Waals surface area contributed by atoms with Crippen LogP contribution < -0.4 is 20.7 Å². The number of alkyl halides is 5. The summed E-state index contributed by atoms with van der Waals surface area (Å²) >= 11 is 0. The molecule has 0 atom stereocenters. The topological polar surface area (TPSA) is 96.5 Å². The number of benzene rings is 2. The smallest absolute Gasteiger partial charge is 0.391 e. The fourth-order valence-electron chi connectivity index (χ4n) is 4.35. The monoisotopic (exact) mass is 603 g/mol. The zero-order valence-corrected chi connectivity index (χ0v) is 22.3. The molecule has 1 aliphatic carbocycles. The number of ether oxygens (including phenoxy) is 1. The van der Waals surface area contributed by atoms with Gasteiger partial charge in [-0.3, -0.25) is 14.4 Å². The molecule has 0 aliphatic heterocycles. The molecule has 0 unspecified atom stereocenters. The van der Waals surface area contributed by atoms with Crippen LogP contribution in [0.4, 0.5) is 36.4 Å². The van der Waals surface area contributed by atoms with Crippen LogP contribution in [0.2, 0.25) is 0 Å². The summed E-state index contributed by atoms with van der Waals surface area (Å²) < 4.78 is 99.0. The van der Waals surface area contributed by atoms with Gasteiger partial charge >= 0.3 is 6.18 Å². The van der Waals surface area contributed by atoms with Gasteiger partial charge in [0.15, 0.2) is 0 Å². The fourth-order valence-corrected chi connectivity index (χ4v) is 4.35. The first-order valence-electron chi connectivity index (χ1n) is 12.8. The van der Waals surface area contributed by atoms with Crippen LogP contribution >= 0.6 is 0 Å².